The molecule has 0 aliphatic heterocycles. The first-order valence-electron chi connectivity index (χ1n) is 5.67. The summed E-state index contributed by atoms with van der Waals surface area (Å²) in [6.07, 6.45) is -2.00. The van der Waals surface area contributed by atoms with E-state index in [0.29, 0.717) is 0 Å². The number of benzene rings is 1. The Morgan fingerprint density at radius 2 is 1.94 bits per heavy atom. The van der Waals surface area contributed by atoms with Crippen LogP contribution in [0.3, 0.4) is 0 Å². The maximum absolute atomic E-state index is 13.6. The lowest BCUT2D eigenvalue weighted by atomic mass is 9.77. The van der Waals surface area contributed by atoms with Crippen molar-refractivity contribution < 1.29 is 22.3 Å². The van der Waals surface area contributed by atoms with Crippen molar-refractivity contribution in [3.8, 4) is 5.75 Å². The predicted molar refractivity (Wildman–Crippen MR) is 57.4 cm³/mol. The van der Waals surface area contributed by atoms with Gasteiger partial charge in [-0.2, -0.15) is 0 Å². The van der Waals surface area contributed by atoms with Gasteiger partial charge in [-0.15, -0.1) is 13.2 Å². The summed E-state index contributed by atoms with van der Waals surface area (Å²) < 4.78 is 53.5. The molecule has 1 atom stereocenters. The second kappa shape index (κ2) is 4.76. The zero-order valence-corrected chi connectivity index (χ0v) is 9.51. The van der Waals surface area contributed by atoms with Crippen LogP contribution >= 0.6 is 0 Å². The van der Waals surface area contributed by atoms with Crippen molar-refractivity contribution in [2.24, 2.45) is 11.7 Å². The molecule has 18 heavy (non-hydrogen) atoms. The molecule has 0 unspecified atom stereocenters. The van der Waals surface area contributed by atoms with Crippen molar-refractivity contribution in [1.29, 1.82) is 0 Å². The highest BCUT2D eigenvalue weighted by Crippen LogP contribution is 2.38. The quantitative estimate of drug-likeness (QED) is 0.847. The highest BCUT2D eigenvalue weighted by Gasteiger charge is 2.32. The van der Waals surface area contributed by atoms with Gasteiger partial charge in [-0.25, -0.2) is 4.39 Å². The van der Waals surface area contributed by atoms with Gasteiger partial charge >= 0.3 is 6.36 Å². The van der Waals surface area contributed by atoms with Crippen molar-refractivity contribution in [2.45, 2.75) is 31.7 Å². The third kappa shape index (κ3) is 2.93. The molecule has 0 heterocycles. The van der Waals surface area contributed by atoms with Gasteiger partial charge in [-0.05, 0) is 37.0 Å². The average Bonchev–Trinajstić information content (AvgIpc) is 2.16. The Hall–Kier alpha value is -1.30. The maximum atomic E-state index is 13.6. The molecule has 0 bridgehead atoms. The van der Waals surface area contributed by atoms with E-state index < -0.39 is 24.0 Å². The summed E-state index contributed by atoms with van der Waals surface area (Å²) in [4.78, 5) is 0. The van der Waals surface area contributed by atoms with Gasteiger partial charge in [0.1, 0.15) is 11.6 Å². The molecule has 6 heteroatoms. The number of rotatable bonds is 3. The van der Waals surface area contributed by atoms with Crippen LogP contribution in [0.1, 0.15) is 30.9 Å². The molecule has 1 saturated carbocycles. The second-order valence-electron chi connectivity index (χ2n) is 4.45. The molecule has 1 aliphatic carbocycles. The van der Waals surface area contributed by atoms with E-state index in [1.54, 1.807) is 0 Å². The highest BCUT2D eigenvalue weighted by molar-refractivity contribution is 5.32. The smallest absolute Gasteiger partial charge is 0.406 e. The molecule has 2 N–H and O–H groups in total. The van der Waals surface area contributed by atoms with Gasteiger partial charge in [0.25, 0.3) is 0 Å². The number of ether oxygens (including phenoxy) is 1. The SMILES string of the molecule is N[C@@H](c1cc(OC(F)(F)F)ccc1F)C1CCC1. The summed E-state index contributed by atoms with van der Waals surface area (Å²) in [6.45, 7) is 0. The Labute approximate surface area is 102 Å². The summed E-state index contributed by atoms with van der Waals surface area (Å²) >= 11 is 0. The Kier molecular flexibility index (Phi) is 3.47. The molecule has 0 saturated heterocycles. The van der Waals surface area contributed by atoms with Gasteiger partial charge in [0.2, 0.25) is 0 Å². The average molecular weight is 263 g/mol. The van der Waals surface area contributed by atoms with Gasteiger partial charge in [0, 0.05) is 11.6 Å². The van der Waals surface area contributed by atoms with Crippen molar-refractivity contribution in [3.05, 3.63) is 29.6 Å². The van der Waals surface area contributed by atoms with Crippen LogP contribution in [0.5, 0.6) is 5.75 Å². The molecule has 2 rings (SSSR count). The van der Waals surface area contributed by atoms with Gasteiger partial charge in [-0.1, -0.05) is 6.42 Å². The van der Waals surface area contributed by atoms with Crippen LogP contribution < -0.4 is 10.5 Å². The lowest BCUT2D eigenvalue weighted by molar-refractivity contribution is -0.274. The Bertz CT molecular complexity index is 429. The summed E-state index contributed by atoms with van der Waals surface area (Å²) in [5, 5.41) is 0. The third-order valence-electron chi connectivity index (χ3n) is 3.22. The fourth-order valence-corrected chi connectivity index (χ4v) is 2.03. The zero-order chi connectivity index (χ0) is 13.3. The van der Waals surface area contributed by atoms with E-state index in [1.807, 2.05) is 0 Å². The predicted octanol–water partition coefficient (Wildman–Crippen LogP) is 3.52. The molecule has 1 aliphatic rings. The minimum Gasteiger partial charge on any atom is -0.406 e. The van der Waals surface area contributed by atoms with E-state index >= 15 is 0 Å². The number of hydrogen-bond acceptors (Lipinski definition) is 2. The van der Waals surface area contributed by atoms with Crippen LogP contribution in [0.2, 0.25) is 0 Å². The molecule has 0 radical (unpaired) electrons. The van der Waals surface area contributed by atoms with Crippen LogP contribution in [0.4, 0.5) is 17.6 Å². The molecule has 0 aromatic heterocycles. The van der Waals surface area contributed by atoms with Crippen molar-refractivity contribution in [3.63, 3.8) is 0 Å². The first-order chi connectivity index (χ1) is 8.37. The molecular weight excluding hydrogens is 250 g/mol. The van der Waals surface area contributed by atoms with Gasteiger partial charge in [0.05, 0.1) is 0 Å². The molecule has 1 aromatic carbocycles. The van der Waals surface area contributed by atoms with Gasteiger partial charge in [0.15, 0.2) is 0 Å². The van der Waals surface area contributed by atoms with E-state index in [-0.39, 0.29) is 11.5 Å². The van der Waals surface area contributed by atoms with Crippen molar-refractivity contribution >= 4 is 0 Å². The number of hydrogen-bond donors (Lipinski definition) is 1. The molecular formula is C12H13F4NO. The molecule has 0 spiro atoms. The summed E-state index contributed by atoms with van der Waals surface area (Å²) in [5.41, 5.74) is 5.94. The van der Waals surface area contributed by atoms with E-state index in [4.69, 9.17) is 5.73 Å². The highest BCUT2D eigenvalue weighted by atomic mass is 19.4. The van der Waals surface area contributed by atoms with Gasteiger partial charge < -0.3 is 10.5 Å². The summed E-state index contributed by atoms with van der Waals surface area (Å²) in [6, 6.07) is 2.36. The van der Waals surface area contributed by atoms with E-state index in [9.17, 15) is 17.6 Å². The topological polar surface area (TPSA) is 35.2 Å². The van der Waals surface area contributed by atoms with Crippen LogP contribution in [0, 0.1) is 11.7 Å². The van der Waals surface area contributed by atoms with E-state index in [1.165, 1.54) is 0 Å². The number of nitrogens with two attached hydrogens (primary N) is 1. The minimum atomic E-state index is -4.78. The first kappa shape index (κ1) is 13.1. The summed E-state index contributed by atoms with van der Waals surface area (Å²) in [7, 11) is 0. The van der Waals surface area contributed by atoms with E-state index in [0.717, 1.165) is 37.5 Å². The number of alkyl halides is 3. The maximum Gasteiger partial charge on any atom is 0.573 e. The number of halogens is 4. The van der Waals surface area contributed by atoms with Crippen LogP contribution in [-0.4, -0.2) is 6.36 Å². The van der Waals surface area contributed by atoms with Crippen LogP contribution in [0.25, 0.3) is 0 Å². The molecule has 2 nitrogen and oxygen atoms in total. The molecule has 100 valence electrons. The Morgan fingerprint density at radius 3 is 2.44 bits per heavy atom. The minimum absolute atomic E-state index is 0.0847. The lowest BCUT2D eigenvalue weighted by Gasteiger charge is -2.31. The Morgan fingerprint density at radius 1 is 1.28 bits per heavy atom. The second-order valence-corrected chi connectivity index (χ2v) is 4.45. The van der Waals surface area contributed by atoms with Crippen molar-refractivity contribution in [1.82, 2.24) is 0 Å². The monoisotopic (exact) mass is 263 g/mol. The Balaban J connectivity index is 2.20. The van der Waals surface area contributed by atoms with E-state index in [2.05, 4.69) is 4.74 Å². The third-order valence-corrected chi connectivity index (χ3v) is 3.22. The fraction of sp³-hybridized carbons (Fsp3) is 0.500. The molecule has 1 fully saturated rings. The largest absolute Gasteiger partial charge is 0.573 e. The lowest BCUT2D eigenvalue weighted by Crippen LogP contribution is -2.27. The summed E-state index contributed by atoms with van der Waals surface area (Å²) in [5.74, 6) is -0.891. The van der Waals surface area contributed by atoms with Crippen LogP contribution in [-0.2, 0) is 0 Å². The van der Waals surface area contributed by atoms with Crippen molar-refractivity contribution in [2.75, 3.05) is 0 Å². The molecule has 1 aromatic rings. The normalized spacial score (nSPS) is 18.3. The fourth-order valence-electron chi connectivity index (χ4n) is 2.03. The molecule has 0 amide bonds. The zero-order valence-electron chi connectivity index (χ0n) is 9.51. The van der Waals surface area contributed by atoms with Gasteiger partial charge in [-0.3, -0.25) is 0 Å². The first-order valence-corrected chi connectivity index (χ1v) is 5.67. The van der Waals surface area contributed by atoms with Crippen LogP contribution in [0.15, 0.2) is 18.2 Å². The standard InChI is InChI=1S/C12H13F4NO/c13-10-5-4-8(18-12(14,15)16)6-9(10)11(17)7-2-1-3-7/h4-7,11H,1-3,17H2/t11-/m1/s1.